The van der Waals surface area contributed by atoms with E-state index < -0.39 is 0 Å². The van der Waals surface area contributed by atoms with Crippen molar-refractivity contribution in [3.63, 3.8) is 0 Å². The Balaban J connectivity index is 0.000000158. The molecule has 7 rings (SSSR count). The number of aromatic nitrogens is 7. The summed E-state index contributed by atoms with van der Waals surface area (Å²) in [5.41, 5.74) is 0.998. The average molecular weight is 508 g/mol. The van der Waals surface area contributed by atoms with Crippen LogP contribution in [0.4, 0.5) is 0 Å². The maximum absolute atomic E-state index is 4.08. The predicted molar refractivity (Wildman–Crippen MR) is 151 cm³/mol. The summed E-state index contributed by atoms with van der Waals surface area (Å²) in [6.45, 7) is 0. The Morgan fingerprint density at radius 3 is 1.54 bits per heavy atom. The van der Waals surface area contributed by atoms with Crippen molar-refractivity contribution >= 4 is 17.0 Å². The molecule has 37 heavy (non-hydrogen) atoms. The van der Waals surface area contributed by atoms with Gasteiger partial charge < -0.3 is 4.40 Å². The lowest BCUT2D eigenvalue weighted by molar-refractivity contribution is 1.09. The second kappa shape index (κ2) is 21.6. The molecule has 1 N–H and O–H groups in total. The summed E-state index contributed by atoms with van der Waals surface area (Å²) in [5, 5.41) is 10.3. The van der Waals surface area contributed by atoms with E-state index in [9.17, 15) is 0 Å². The van der Waals surface area contributed by atoms with Crippen LogP contribution >= 0.6 is 11.3 Å². The van der Waals surface area contributed by atoms with Crippen LogP contribution in [0.3, 0.4) is 0 Å². The molecule has 6 heterocycles. The summed E-state index contributed by atoms with van der Waals surface area (Å²) in [6.07, 6.45) is 17.5. The van der Waals surface area contributed by atoms with Crippen LogP contribution in [-0.4, -0.2) is 34.5 Å². The molecule has 1 aromatic carbocycles. The van der Waals surface area contributed by atoms with Crippen molar-refractivity contribution in [1.82, 2.24) is 34.5 Å². The van der Waals surface area contributed by atoms with Gasteiger partial charge in [-0.1, -0.05) is 60.7 Å². The van der Waals surface area contributed by atoms with Gasteiger partial charge in [-0.2, -0.15) is 16.4 Å². The summed E-state index contributed by atoms with van der Waals surface area (Å²) >= 11 is 1.71. The fourth-order valence-electron chi connectivity index (χ4n) is 2.26. The van der Waals surface area contributed by atoms with Gasteiger partial charge in [-0.25, -0.2) is 15.0 Å². The Morgan fingerprint density at radius 1 is 0.541 bits per heavy atom. The molecule has 7 nitrogen and oxygen atoms in total. The summed E-state index contributed by atoms with van der Waals surface area (Å²) < 4.78 is 1.97. The second-order valence-corrected chi connectivity index (χ2v) is 7.35. The molecule has 0 amide bonds. The first-order valence-corrected chi connectivity index (χ1v) is 12.2. The van der Waals surface area contributed by atoms with E-state index in [1.54, 1.807) is 60.8 Å². The van der Waals surface area contributed by atoms with Crippen molar-refractivity contribution in [2.75, 3.05) is 0 Å². The molecule has 6 aromatic heterocycles. The van der Waals surface area contributed by atoms with E-state index in [2.05, 4.69) is 30.1 Å². The first-order valence-electron chi connectivity index (χ1n) is 11.3. The first kappa shape index (κ1) is 28.3. The van der Waals surface area contributed by atoms with E-state index in [0.717, 1.165) is 5.65 Å². The average Bonchev–Trinajstić information content (AvgIpc) is 3.83. The number of hydrogen-bond donors (Lipinski definition) is 1. The third-order valence-electron chi connectivity index (χ3n) is 3.84. The quantitative estimate of drug-likeness (QED) is 0.246. The van der Waals surface area contributed by atoms with Crippen LogP contribution in [0.5, 0.6) is 0 Å². The van der Waals surface area contributed by atoms with Gasteiger partial charge in [0, 0.05) is 55.8 Å². The Hall–Kier alpha value is -4.95. The number of fused-ring (bicyclic) bond motifs is 1. The molecular weight excluding hydrogens is 478 g/mol. The zero-order valence-electron chi connectivity index (χ0n) is 20.3. The topological polar surface area (TPSA) is 84.6 Å². The third-order valence-corrected chi connectivity index (χ3v) is 4.47. The van der Waals surface area contributed by atoms with Crippen molar-refractivity contribution in [2.45, 2.75) is 0 Å². The van der Waals surface area contributed by atoms with Gasteiger partial charge in [-0.3, -0.25) is 10.1 Å². The number of thiophene rings is 1. The maximum atomic E-state index is 4.08. The van der Waals surface area contributed by atoms with Crippen molar-refractivity contribution in [1.29, 1.82) is 0 Å². The lowest BCUT2D eigenvalue weighted by Crippen LogP contribution is -1.77. The fourth-order valence-corrected chi connectivity index (χ4v) is 2.71. The van der Waals surface area contributed by atoms with Crippen LogP contribution in [0, 0.1) is 0 Å². The smallest absolute Gasteiger partial charge is 0.136 e. The molecule has 0 saturated carbocycles. The van der Waals surface area contributed by atoms with Gasteiger partial charge in [0.1, 0.15) is 12.0 Å². The minimum atomic E-state index is 0.998. The van der Waals surface area contributed by atoms with Gasteiger partial charge in [0.25, 0.3) is 0 Å². The summed E-state index contributed by atoms with van der Waals surface area (Å²) in [6, 6.07) is 31.3. The number of nitrogens with zero attached hydrogens (tertiary/aromatic N) is 6. The van der Waals surface area contributed by atoms with E-state index >= 15 is 0 Å². The molecular formula is C29H29N7S. The zero-order chi connectivity index (χ0) is 25.9. The molecule has 7 aromatic rings. The number of aromatic amines is 1. The summed E-state index contributed by atoms with van der Waals surface area (Å²) in [7, 11) is 0. The minimum absolute atomic E-state index is 0.998. The third kappa shape index (κ3) is 16.3. The molecule has 0 bridgehead atoms. The summed E-state index contributed by atoms with van der Waals surface area (Å²) in [5.74, 6) is 0. The Labute approximate surface area is 221 Å². The van der Waals surface area contributed by atoms with Gasteiger partial charge in [0.05, 0.1) is 0 Å². The monoisotopic (exact) mass is 507 g/mol. The van der Waals surface area contributed by atoms with Crippen molar-refractivity contribution in [3.8, 4) is 0 Å². The van der Waals surface area contributed by atoms with Crippen molar-refractivity contribution in [2.24, 2.45) is 0 Å². The molecule has 186 valence electrons. The minimum Gasteiger partial charge on any atom is -0.307 e. The fraction of sp³-hybridized carbons (Fsp3) is 0. The molecule has 0 atom stereocenters. The molecule has 0 spiro atoms. The highest BCUT2D eigenvalue weighted by Crippen LogP contribution is 1.96. The van der Waals surface area contributed by atoms with Gasteiger partial charge in [0.2, 0.25) is 0 Å². The number of rotatable bonds is 0. The number of benzene rings is 1. The van der Waals surface area contributed by atoms with E-state index in [0.29, 0.717) is 0 Å². The molecule has 0 saturated heterocycles. The van der Waals surface area contributed by atoms with E-state index in [-0.39, 0.29) is 0 Å². The SMILES string of the molecule is c1ccccc1.c1ccn2ccnc2c1.c1ccncc1.c1ccsc1.c1cn[nH]c1.c1cncnc1. The van der Waals surface area contributed by atoms with Crippen LogP contribution in [0.25, 0.3) is 5.65 Å². The Kier molecular flexibility index (Phi) is 16.5. The second-order valence-electron chi connectivity index (χ2n) is 6.54. The standard InChI is InChI=1S/C7H6N2.C6H6.C5H5N.C4H4N2.C4H4S.C3H4N2/c1-2-5-9-6-4-8-7(9)3-1;2*1-2-4-6-5-3-1;1-2-5-4-6-3-1;2*1-2-4-5-3-1/h1-6H;1-6H;1-5H;1-4H;1-4H;1-3H,(H,4,5). The molecule has 0 aliphatic rings. The van der Waals surface area contributed by atoms with E-state index in [1.807, 2.05) is 119 Å². The van der Waals surface area contributed by atoms with E-state index in [4.69, 9.17) is 0 Å². The Morgan fingerprint density at radius 2 is 1.19 bits per heavy atom. The highest BCUT2D eigenvalue weighted by Gasteiger charge is 1.85. The van der Waals surface area contributed by atoms with Crippen LogP contribution < -0.4 is 0 Å². The number of hydrogen-bond acceptors (Lipinski definition) is 6. The molecule has 8 heteroatoms. The van der Waals surface area contributed by atoms with Crippen molar-refractivity contribution in [3.05, 3.63) is 170 Å². The maximum Gasteiger partial charge on any atom is 0.136 e. The number of imidazole rings is 1. The normalized spacial score (nSPS) is 8.54. The van der Waals surface area contributed by atoms with Gasteiger partial charge in [-0.15, -0.1) is 0 Å². The zero-order valence-corrected chi connectivity index (χ0v) is 21.1. The van der Waals surface area contributed by atoms with Gasteiger partial charge in [0.15, 0.2) is 0 Å². The Bertz CT molecular complexity index is 1060. The lowest BCUT2D eigenvalue weighted by Gasteiger charge is -1.86. The predicted octanol–water partition coefficient (Wildman–Crippen LogP) is 6.74. The summed E-state index contributed by atoms with van der Waals surface area (Å²) in [4.78, 5) is 15.2. The van der Waals surface area contributed by atoms with Crippen LogP contribution in [0.1, 0.15) is 0 Å². The molecule has 0 unspecified atom stereocenters. The lowest BCUT2D eigenvalue weighted by atomic mass is 10.4. The van der Waals surface area contributed by atoms with Crippen molar-refractivity contribution < 1.29 is 0 Å². The largest absolute Gasteiger partial charge is 0.307 e. The molecule has 0 aliphatic heterocycles. The van der Waals surface area contributed by atoms with Crippen LogP contribution in [0.15, 0.2) is 170 Å². The molecule has 0 fully saturated rings. The highest BCUT2D eigenvalue weighted by atomic mass is 32.1. The van der Waals surface area contributed by atoms with Gasteiger partial charge >= 0.3 is 0 Å². The van der Waals surface area contributed by atoms with Crippen LogP contribution in [0.2, 0.25) is 0 Å². The molecule has 0 radical (unpaired) electrons. The first-order chi connectivity index (χ1) is 18.5. The van der Waals surface area contributed by atoms with E-state index in [1.165, 1.54) is 6.33 Å². The highest BCUT2D eigenvalue weighted by molar-refractivity contribution is 7.07. The van der Waals surface area contributed by atoms with Gasteiger partial charge in [-0.05, 0) is 47.2 Å². The van der Waals surface area contributed by atoms with Crippen LogP contribution in [-0.2, 0) is 0 Å². The number of pyridine rings is 2. The number of H-pyrrole nitrogens is 1. The molecule has 0 aliphatic carbocycles. The number of nitrogens with one attached hydrogen (secondary N) is 1.